The van der Waals surface area contributed by atoms with Crippen molar-refractivity contribution in [2.45, 2.75) is 25.7 Å². The van der Waals surface area contributed by atoms with E-state index in [0.29, 0.717) is 5.92 Å². The highest BCUT2D eigenvalue weighted by Gasteiger charge is 2.15. The summed E-state index contributed by atoms with van der Waals surface area (Å²) in [5.41, 5.74) is 1.58. The number of fused-ring (bicyclic) bond motifs is 1. The van der Waals surface area contributed by atoms with Gasteiger partial charge in [0.1, 0.15) is 0 Å². The number of para-hydroxylation sites is 1. The van der Waals surface area contributed by atoms with Gasteiger partial charge in [0, 0.05) is 18.1 Å². The number of carbonyl (C=O) groups is 1. The average Bonchev–Trinajstić information content (AvgIpc) is 2.99. The van der Waals surface area contributed by atoms with E-state index in [0.717, 1.165) is 23.1 Å². The lowest BCUT2D eigenvalue weighted by atomic mass is 10.1. The molecule has 0 saturated heterocycles. The molecule has 1 fully saturated rings. The number of hydrogen-bond acceptors (Lipinski definition) is 2. The molecule has 1 saturated carbocycles. The van der Waals surface area contributed by atoms with E-state index in [4.69, 9.17) is 0 Å². The Morgan fingerprint density at radius 1 is 1.20 bits per heavy atom. The normalized spacial score (nSPS) is 15.4. The largest absolute Gasteiger partial charge is 0.338 e. The molecule has 20 heavy (non-hydrogen) atoms. The second-order valence-corrected chi connectivity index (χ2v) is 5.37. The third-order valence-corrected chi connectivity index (χ3v) is 3.91. The lowest BCUT2D eigenvalue weighted by Gasteiger charge is -2.12. The molecule has 0 aliphatic heterocycles. The lowest BCUT2D eigenvalue weighted by molar-refractivity contribution is 0.250. The summed E-state index contributed by atoms with van der Waals surface area (Å²) in [6.45, 7) is 0.768. The van der Waals surface area contributed by atoms with E-state index in [1.165, 1.54) is 25.7 Å². The van der Waals surface area contributed by atoms with Crippen LogP contribution in [-0.4, -0.2) is 17.6 Å². The van der Waals surface area contributed by atoms with Crippen LogP contribution in [0.1, 0.15) is 25.7 Å². The molecule has 1 aliphatic carbocycles. The van der Waals surface area contributed by atoms with Gasteiger partial charge >= 0.3 is 6.03 Å². The predicted molar refractivity (Wildman–Crippen MR) is 80.7 cm³/mol. The van der Waals surface area contributed by atoms with Crippen LogP contribution in [0.2, 0.25) is 0 Å². The highest BCUT2D eigenvalue weighted by Crippen LogP contribution is 2.24. The van der Waals surface area contributed by atoms with Crippen LogP contribution in [0.25, 0.3) is 10.9 Å². The van der Waals surface area contributed by atoms with Crippen LogP contribution >= 0.6 is 0 Å². The fourth-order valence-corrected chi connectivity index (χ4v) is 2.82. The molecule has 104 valence electrons. The standard InChI is InChI=1S/C16H19N3O/c20-16(18-11-12-5-1-2-6-12)19-14-9-3-7-13-8-4-10-17-15(13)14/h3-4,7-10,12H,1-2,5-6,11H2,(H2,18,19,20). The number of aromatic nitrogens is 1. The summed E-state index contributed by atoms with van der Waals surface area (Å²) < 4.78 is 0. The Morgan fingerprint density at radius 2 is 2.00 bits per heavy atom. The Hall–Kier alpha value is -2.10. The average molecular weight is 269 g/mol. The minimum absolute atomic E-state index is 0.143. The van der Waals surface area contributed by atoms with Gasteiger partial charge in [0.2, 0.25) is 0 Å². The third kappa shape index (κ3) is 2.90. The number of urea groups is 1. The number of nitrogens with one attached hydrogen (secondary N) is 2. The van der Waals surface area contributed by atoms with Crippen LogP contribution in [0.5, 0.6) is 0 Å². The molecule has 1 aromatic carbocycles. The van der Waals surface area contributed by atoms with Gasteiger partial charge in [-0.3, -0.25) is 4.98 Å². The predicted octanol–water partition coefficient (Wildman–Crippen LogP) is 3.55. The fraction of sp³-hybridized carbons (Fsp3) is 0.375. The van der Waals surface area contributed by atoms with Crippen LogP contribution in [0.3, 0.4) is 0 Å². The SMILES string of the molecule is O=C(NCC1CCCC1)Nc1cccc2cccnc12. The summed E-state index contributed by atoms with van der Waals surface area (Å²) in [5.74, 6) is 0.645. The van der Waals surface area contributed by atoms with Crippen molar-refractivity contribution < 1.29 is 4.79 Å². The van der Waals surface area contributed by atoms with Gasteiger partial charge in [0.25, 0.3) is 0 Å². The molecule has 3 rings (SSSR count). The maximum absolute atomic E-state index is 12.0. The lowest BCUT2D eigenvalue weighted by Crippen LogP contribution is -2.32. The number of pyridine rings is 1. The Balaban J connectivity index is 1.65. The molecule has 0 radical (unpaired) electrons. The second-order valence-electron chi connectivity index (χ2n) is 5.37. The maximum Gasteiger partial charge on any atom is 0.319 e. The summed E-state index contributed by atoms with van der Waals surface area (Å²) in [6, 6.07) is 9.54. The van der Waals surface area contributed by atoms with Crippen molar-refractivity contribution in [3.05, 3.63) is 36.5 Å². The quantitative estimate of drug-likeness (QED) is 0.895. The Labute approximate surface area is 118 Å². The zero-order valence-electron chi connectivity index (χ0n) is 11.4. The fourth-order valence-electron chi connectivity index (χ4n) is 2.82. The molecule has 0 bridgehead atoms. The molecular weight excluding hydrogens is 250 g/mol. The van der Waals surface area contributed by atoms with Crippen LogP contribution < -0.4 is 10.6 Å². The number of benzene rings is 1. The molecule has 2 amide bonds. The van der Waals surface area contributed by atoms with E-state index in [-0.39, 0.29) is 6.03 Å². The van der Waals surface area contributed by atoms with E-state index >= 15 is 0 Å². The van der Waals surface area contributed by atoms with E-state index in [1.54, 1.807) is 6.20 Å². The van der Waals surface area contributed by atoms with Crippen LogP contribution in [0.15, 0.2) is 36.5 Å². The number of rotatable bonds is 3. The summed E-state index contributed by atoms with van der Waals surface area (Å²) in [6.07, 6.45) is 6.79. The Kier molecular flexibility index (Phi) is 3.81. The second kappa shape index (κ2) is 5.90. The number of anilines is 1. The highest BCUT2D eigenvalue weighted by atomic mass is 16.2. The van der Waals surface area contributed by atoms with Crippen molar-refractivity contribution in [1.82, 2.24) is 10.3 Å². The van der Waals surface area contributed by atoms with Crippen molar-refractivity contribution in [2.24, 2.45) is 5.92 Å². The number of hydrogen-bond donors (Lipinski definition) is 2. The van der Waals surface area contributed by atoms with Gasteiger partial charge in [0.05, 0.1) is 11.2 Å². The van der Waals surface area contributed by atoms with Crippen molar-refractivity contribution in [1.29, 1.82) is 0 Å². The van der Waals surface area contributed by atoms with Crippen LogP contribution in [0, 0.1) is 5.92 Å². The number of nitrogens with zero attached hydrogens (tertiary/aromatic N) is 1. The van der Waals surface area contributed by atoms with Gasteiger partial charge in [-0.2, -0.15) is 0 Å². The summed E-state index contributed by atoms with van der Waals surface area (Å²) in [5, 5.41) is 6.89. The summed E-state index contributed by atoms with van der Waals surface area (Å²) >= 11 is 0. The zero-order chi connectivity index (χ0) is 13.8. The number of amides is 2. The molecule has 2 aromatic rings. The first-order chi connectivity index (χ1) is 9.83. The van der Waals surface area contributed by atoms with Crippen LogP contribution in [-0.2, 0) is 0 Å². The Morgan fingerprint density at radius 3 is 2.85 bits per heavy atom. The number of carbonyl (C=O) groups excluding carboxylic acids is 1. The monoisotopic (exact) mass is 269 g/mol. The van der Waals surface area contributed by atoms with Gasteiger partial charge in [-0.05, 0) is 30.9 Å². The van der Waals surface area contributed by atoms with Gasteiger partial charge in [0.15, 0.2) is 0 Å². The molecule has 0 unspecified atom stereocenters. The third-order valence-electron chi connectivity index (χ3n) is 3.91. The van der Waals surface area contributed by atoms with Crippen LogP contribution in [0.4, 0.5) is 10.5 Å². The van der Waals surface area contributed by atoms with Crippen molar-refractivity contribution in [3.63, 3.8) is 0 Å². The van der Waals surface area contributed by atoms with E-state index < -0.39 is 0 Å². The van der Waals surface area contributed by atoms with Gasteiger partial charge in [-0.1, -0.05) is 31.0 Å². The van der Waals surface area contributed by atoms with Crippen molar-refractivity contribution in [3.8, 4) is 0 Å². The molecule has 1 aromatic heterocycles. The van der Waals surface area contributed by atoms with Gasteiger partial charge in [-0.15, -0.1) is 0 Å². The summed E-state index contributed by atoms with van der Waals surface area (Å²) in [4.78, 5) is 16.3. The minimum Gasteiger partial charge on any atom is -0.338 e. The molecule has 0 atom stereocenters. The smallest absolute Gasteiger partial charge is 0.319 e. The van der Waals surface area contributed by atoms with E-state index in [2.05, 4.69) is 15.6 Å². The first kappa shape index (κ1) is 12.9. The zero-order valence-corrected chi connectivity index (χ0v) is 11.4. The molecule has 4 nitrogen and oxygen atoms in total. The highest BCUT2D eigenvalue weighted by molar-refractivity contribution is 5.99. The van der Waals surface area contributed by atoms with Gasteiger partial charge < -0.3 is 10.6 Å². The molecule has 1 heterocycles. The first-order valence-corrected chi connectivity index (χ1v) is 7.21. The molecular formula is C16H19N3O. The van der Waals surface area contributed by atoms with Crippen molar-refractivity contribution >= 4 is 22.6 Å². The Bertz CT molecular complexity index is 600. The molecule has 0 spiro atoms. The molecule has 1 aliphatic rings. The minimum atomic E-state index is -0.143. The van der Waals surface area contributed by atoms with E-state index in [9.17, 15) is 4.79 Å². The van der Waals surface area contributed by atoms with Gasteiger partial charge in [-0.25, -0.2) is 4.79 Å². The first-order valence-electron chi connectivity index (χ1n) is 7.21. The molecule has 4 heteroatoms. The van der Waals surface area contributed by atoms with Crippen molar-refractivity contribution in [2.75, 3.05) is 11.9 Å². The molecule has 2 N–H and O–H groups in total. The maximum atomic E-state index is 12.0. The van der Waals surface area contributed by atoms with E-state index in [1.807, 2.05) is 30.3 Å². The topological polar surface area (TPSA) is 54.0 Å². The summed E-state index contributed by atoms with van der Waals surface area (Å²) in [7, 11) is 0.